The summed E-state index contributed by atoms with van der Waals surface area (Å²) in [6.45, 7) is 1.54. The zero-order valence-electron chi connectivity index (χ0n) is 12.6. The first kappa shape index (κ1) is 19.3. The van der Waals surface area contributed by atoms with E-state index in [0.717, 1.165) is 0 Å². The molecule has 2 unspecified atom stereocenters. The minimum atomic E-state index is -4.70. The van der Waals surface area contributed by atoms with Crippen molar-refractivity contribution in [3.8, 4) is 0 Å². The zero-order chi connectivity index (χ0) is 19.2. The number of nitrogens with one attached hydrogen (secondary N) is 3. The Kier molecular flexibility index (Phi) is 4.92. The number of aromatic nitrogens is 1. The van der Waals surface area contributed by atoms with Gasteiger partial charge in [0, 0.05) is 16.7 Å². The van der Waals surface area contributed by atoms with Crippen LogP contribution in [0.4, 0.5) is 19.0 Å². The molecule has 0 amide bonds. The zero-order valence-corrected chi connectivity index (χ0v) is 14.2. The summed E-state index contributed by atoms with van der Waals surface area (Å²) in [5.74, 6) is -1.82. The Balaban J connectivity index is 2.56. The average molecular weight is 398 g/mol. The molecule has 1 aromatic rings. The Labute approximate surface area is 147 Å². The number of pyridine rings is 1. The van der Waals surface area contributed by atoms with Crippen LogP contribution in [0.2, 0.25) is 5.02 Å². The van der Waals surface area contributed by atoms with Crippen molar-refractivity contribution in [1.29, 1.82) is 10.8 Å². The van der Waals surface area contributed by atoms with Crippen molar-refractivity contribution in [2.24, 2.45) is 5.73 Å². The lowest BCUT2D eigenvalue weighted by Crippen LogP contribution is -2.57. The van der Waals surface area contributed by atoms with Gasteiger partial charge in [0.05, 0.1) is 16.4 Å². The third-order valence-electron chi connectivity index (χ3n) is 3.25. The van der Waals surface area contributed by atoms with Crippen LogP contribution in [-0.2, 0) is 17.0 Å². The van der Waals surface area contributed by atoms with Gasteiger partial charge in [0.1, 0.15) is 10.9 Å². The maximum absolute atomic E-state index is 12.7. The van der Waals surface area contributed by atoms with Crippen LogP contribution in [0, 0.1) is 10.8 Å². The number of hydrogen-bond donors (Lipinski definition) is 5. The van der Waals surface area contributed by atoms with E-state index in [9.17, 15) is 22.6 Å². The lowest BCUT2D eigenvalue weighted by Gasteiger charge is -2.23. The molecule has 0 aromatic carbocycles. The molecule has 0 aliphatic carbocycles. The molecule has 0 saturated carbocycles. The molecule has 1 aliphatic heterocycles. The summed E-state index contributed by atoms with van der Waals surface area (Å²) in [6.07, 6.45) is -4.26. The Morgan fingerprint density at radius 2 is 2.16 bits per heavy atom. The Morgan fingerprint density at radius 3 is 2.60 bits per heavy atom. The van der Waals surface area contributed by atoms with Gasteiger partial charge in [-0.15, -0.1) is 0 Å². The number of quaternary nitrogens is 1. The largest absolute Gasteiger partial charge is 0.417 e. The third kappa shape index (κ3) is 3.25. The van der Waals surface area contributed by atoms with E-state index in [1.54, 1.807) is 6.92 Å². The first-order valence-electron chi connectivity index (χ1n) is 6.63. The molecule has 0 spiro atoms. The average Bonchev–Trinajstić information content (AvgIpc) is 2.78. The normalized spacial score (nSPS) is 22.1. The van der Waals surface area contributed by atoms with Gasteiger partial charge in [-0.3, -0.25) is 9.62 Å². The van der Waals surface area contributed by atoms with E-state index in [1.165, 1.54) is 0 Å². The van der Waals surface area contributed by atoms with Gasteiger partial charge in [-0.2, -0.15) is 28.8 Å². The predicted octanol–water partition coefficient (Wildman–Crippen LogP) is 1.86. The highest BCUT2D eigenvalue weighted by molar-refractivity contribution is 7.90. The molecule has 1 aromatic heterocycles. The van der Waals surface area contributed by atoms with Gasteiger partial charge >= 0.3 is 17.8 Å². The molecule has 13 heteroatoms. The first-order valence-corrected chi connectivity index (χ1v) is 8.33. The van der Waals surface area contributed by atoms with Crippen LogP contribution in [0.3, 0.4) is 0 Å². The highest BCUT2D eigenvalue weighted by atomic mass is 35.5. The highest BCUT2D eigenvalue weighted by Gasteiger charge is 2.52. The van der Waals surface area contributed by atoms with E-state index >= 15 is 0 Å². The summed E-state index contributed by atoms with van der Waals surface area (Å²) in [6, 6.07) is 0.539. The number of halogens is 4. The lowest BCUT2D eigenvalue weighted by atomic mass is 10.2. The SMILES string of the molecule is CCS(=O)C1=C(C(=N)N)N[N+](O)(c2ncc(C(F)(F)F)cc2Cl)C1=N. The fourth-order valence-corrected chi connectivity index (χ4v) is 3.37. The Morgan fingerprint density at radius 1 is 1.56 bits per heavy atom. The van der Waals surface area contributed by atoms with Gasteiger partial charge in [0.2, 0.25) is 0 Å². The Hall–Kier alpha value is -2.02. The van der Waals surface area contributed by atoms with E-state index in [-0.39, 0.29) is 16.4 Å². The van der Waals surface area contributed by atoms with Gasteiger partial charge in [0.25, 0.3) is 0 Å². The second kappa shape index (κ2) is 6.37. The molecule has 0 radical (unpaired) electrons. The molecule has 8 nitrogen and oxygen atoms in total. The van der Waals surface area contributed by atoms with Crippen molar-refractivity contribution < 1.29 is 22.6 Å². The number of alkyl halides is 3. The van der Waals surface area contributed by atoms with Gasteiger partial charge < -0.3 is 5.73 Å². The molecular formula is C12H13ClF3N6O2S+. The number of nitrogens with two attached hydrogens (primary N) is 1. The Bertz CT molecular complexity index is 828. The second-order valence-corrected chi connectivity index (χ2v) is 6.96. The number of hydrogen-bond acceptors (Lipinski definition) is 6. The molecule has 1 aliphatic rings. The van der Waals surface area contributed by atoms with Crippen molar-refractivity contribution >= 4 is 39.9 Å². The van der Waals surface area contributed by atoms with Crippen molar-refractivity contribution in [3.05, 3.63) is 33.5 Å². The van der Waals surface area contributed by atoms with E-state index in [2.05, 4.69) is 10.4 Å². The summed E-state index contributed by atoms with van der Waals surface area (Å²) in [5, 5.41) is 25.7. The van der Waals surface area contributed by atoms with Gasteiger partial charge in [-0.1, -0.05) is 18.5 Å². The molecule has 136 valence electrons. The van der Waals surface area contributed by atoms with E-state index in [1.807, 2.05) is 0 Å². The van der Waals surface area contributed by atoms with Crippen molar-refractivity contribution in [2.75, 3.05) is 5.75 Å². The number of nitrogens with zero attached hydrogens (tertiary/aromatic N) is 2. The quantitative estimate of drug-likeness (QED) is 0.300. The van der Waals surface area contributed by atoms with Crippen molar-refractivity contribution in [2.45, 2.75) is 13.1 Å². The molecule has 6 N–H and O–H groups in total. The van der Waals surface area contributed by atoms with Gasteiger partial charge in [-0.05, 0) is 6.07 Å². The maximum Gasteiger partial charge on any atom is 0.417 e. The predicted molar refractivity (Wildman–Crippen MR) is 86.3 cm³/mol. The standard InChI is InChI=1S/C12H13ClF3N6O2S/c1-2-25(24)8-7(9(17)18)21-22(23,10(8)19)11-6(13)3-5(4-20-11)12(14,15)16/h3-4,19,21,23H,2H2,1H3,(H3,17,18)/q+1. The second-order valence-electron chi connectivity index (χ2n) is 4.87. The van der Waals surface area contributed by atoms with E-state index in [4.69, 9.17) is 28.2 Å². The minimum absolute atomic E-state index is 0.0599. The summed E-state index contributed by atoms with van der Waals surface area (Å²) in [5.41, 5.74) is 6.21. The summed E-state index contributed by atoms with van der Waals surface area (Å²) in [4.78, 5) is 3.24. The van der Waals surface area contributed by atoms with E-state index in [0.29, 0.717) is 12.3 Å². The van der Waals surface area contributed by atoms with Crippen LogP contribution in [0.5, 0.6) is 0 Å². The first-order chi connectivity index (χ1) is 11.4. The summed E-state index contributed by atoms with van der Waals surface area (Å²) >= 11 is 5.80. The van der Waals surface area contributed by atoms with Crippen LogP contribution in [0.1, 0.15) is 12.5 Å². The van der Waals surface area contributed by atoms with E-state index < -0.39 is 49.8 Å². The van der Waals surface area contributed by atoms with Gasteiger partial charge in [0.15, 0.2) is 10.6 Å². The summed E-state index contributed by atoms with van der Waals surface area (Å²) < 4.78 is 48.6. The number of hydroxylamine groups is 1. The molecule has 2 rings (SSSR count). The number of rotatable bonds is 4. The molecule has 0 fully saturated rings. The molecule has 2 atom stereocenters. The smallest absolute Gasteiger partial charge is 0.382 e. The molecular weight excluding hydrogens is 385 g/mol. The molecule has 0 saturated heterocycles. The van der Waals surface area contributed by atoms with Crippen molar-refractivity contribution in [3.63, 3.8) is 0 Å². The molecule has 0 bridgehead atoms. The molecule has 2 heterocycles. The van der Waals surface area contributed by atoms with Gasteiger partial charge in [-0.25, -0.2) is 5.41 Å². The van der Waals surface area contributed by atoms with Crippen LogP contribution in [-0.4, -0.2) is 31.8 Å². The van der Waals surface area contributed by atoms with Crippen LogP contribution < -0.4 is 15.9 Å². The van der Waals surface area contributed by atoms with Crippen LogP contribution in [0.25, 0.3) is 0 Å². The number of amidine groups is 2. The molecule has 25 heavy (non-hydrogen) atoms. The fourth-order valence-electron chi connectivity index (χ4n) is 2.07. The van der Waals surface area contributed by atoms with Crippen LogP contribution >= 0.6 is 11.6 Å². The summed E-state index contributed by atoms with van der Waals surface area (Å²) in [7, 11) is -1.78. The lowest BCUT2D eigenvalue weighted by molar-refractivity contribution is -0.137. The highest BCUT2D eigenvalue weighted by Crippen LogP contribution is 2.37. The third-order valence-corrected chi connectivity index (χ3v) is 4.91. The topological polar surface area (TPSA) is 136 Å². The maximum atomic E-state index is 12.7. The van der Waals surface area contributed by atoms with Crippen LogP contribution in [0.15, 0.2) is 22.9 Å². The fraction of sp³-hybridized carbons (Fsp3) is 0.250. The minimum Gasteiger partial charge on any atom is -0.382 e. The van der Waals surface area contributed by atoms with Crippen molar-refractivity contribution in [1.82, 2.24) is 15.2 Å². The monoisotopic (exact) mass is 397 g/mol.